The van der Waals surface area contributed by atoms with Crippen LogP contribution in [0.4, 0.5) is 11.5 Å². The number of benzene rings is 1. The van der Waals surface area contributed by atoms with E-state index in [9.17, 15) is 18.0 Å². The summed E-state index contributed by atoms with van der Waals surface area (Å²) in [4.78, 5) is 29.6. The zero-order valence-corrected chi connectivity index (χ0v) is 28.2. The third-order valence-electron chi connectivity index (χ3n) is 8.41. The molecule has 2 amide bonds. The normalized spacial score (nSPS) is 21.1. The molecule has 1 aliphatic heterocycles. The predicted molar refractivity (Wildman–Crippen MR) is 170 cm³/mol. The van der Waals surface area contributed by atoms with Gasteiger partial charge in [-0.1, -0.05) is 42.3 Å². The molecule has 1 saturated heterocycles. The number of anilines is 2. The van der Waals surface area contributed by atoms with Crippen LogP contribution in [0.5, 0.6) is 5.75 Å². The van der Waals surface area contributed by atoms with E-state index >= 15 is 0 Å². The van der Waals surface area contributed by atoms with Crippen molar-refractivity contribution in [3.8, 4) is 5.75 Å². The lowest BCUT2D eigenvalue weighted by molar-refractivity contribution is -1.14. The number of quaternary nitrogens is 1. The second-order valence-corrected chi connectivity index (χ2v) is 15.6. The molecule has 3 heterocycles. The molecule has 244 valence electrons. The highest BCUT2D eigenvalue weighted by Gasteiger charge is 2.61. The molecule has 1 fully saturated rings. The maximum atomic E-state index is 12.9. The van der Waals surface area contributed by atoms with E-state index in [1.807, 2.05) is 48.5 Å². The van der Waals surface area contributed by atoms with Crippen LogP contribution >= 0.6 is 0 Å². The number of nitrogens with one attached hydrogen (secondary N) is 2. The van der Waals surface area contributed by atoms with Gasteiger partial charge in [0.05, 0.1) is 18.9 Å². The fourth-order valence-electron chi connectivity index (χ4n) is 5.65. The van der Waals surface area contributed by atoms with Crippen molar-refractivity contribution in [2.24, 2.45) is 0 Å². The van der Waals surface area contributed by atoms with E-state index in [1.165, 1.54) is 6.20 Å². The Hall–Kier alpha value is -3.81. The molecule has 2 N–H and O–H groups in total. The summed E-state index contributed by atoms with van der Waals surface area (Å²) >= 11 is 0. The molecule has 0 bridgehead atoms. The number of hydrogen-bond acceptors (Lipinski definition) is 9. The van der Waals surface area contributed by atoms with Crippen molar-refractivity contribution >= 4 is 33.4 Å². The highest BCUT2D eigenvalue weighted by molar-refractivity contribution is 7.85. The lowest BCUT2D eigenvalue weighted by atomic mass is 9.78. The zero-order chi connectivity index (χ0) is 33.4. The van der Waals surface area contributed by atoms with Crippen LogP contribution in [0.2, 0.25) is 0 Å². The van der Waals surface area contributed by atoms with Crippen LogP contribution in [0.3, 0.4) is 0 Å². The van der Waals surface area contributed by atoms with Crippen molar-refractivity contribution < 1.29 is 36.2 Å². The molecule has 2 aromatic heterocycles. The summed E-state index contributed by atoms with van der Waals surface area (Å²) in [6, 6.07) is 12.0. The fourth-order valence-corrected chi connectivity index (χ4v) is 6.59. The molecule has 0 radical (unpaired) electrons. The van der Waals surface area contributed by atoms with Crippen LogP contribution in [0.1, 0.15) is 83.1 Å². The highest BCUT2D eigenvalue weighted by atomic mass is 32.2. The van der Waals surface area contributed by atoms with Crippen LogP contribution in [0.25, 0.3) is 0 Å². The first-order valence-electron chi connectivity index (χ1n) is 14.8. The van der Waals surface area contributed by atoms with E-state index in [0.717, 1.165) is 11.8 Å². The molecule has 0 saturated carbocycles. The minimum Gasteiger partial charge on any atom is -0.488 e. The minimum absolute atomic E-state index is 0.106. The topological polar surface area (TPSA) is 150 Å². The molecule has 12 nitrogen and oxygen atoms in total. The number of amides is 2. The largest absolute Gasteiger partial charge is 0.488 e. The summed E-state index contributed by atoms with van der Waals surface area (Å²) in [6.07, 6.45) is 3.57. The lowest BCUT2D eigenvalue weighted by Crippen LogP contribution is -2.73. The average molecular weight is 643 g/mol. The number of carbonyl (C=O) groups excluding carboxylic acids is 2. The summed E-state index contributed by atoms with van der Waals surface area (Å²) in [5, 5.41) is 9.47. The molecular weight excluding hydrogens is 598 g/mol. The molecule has 0 aliphatic carbocycles. The molecule has 1 aliphatic rings. The number of carbonyl (C=O) groups is 2. The third-order valence-corrected chi connectivity index (χ3v) is 8.98. The van der Waals surface area contributed by atoms with E-state index in [1.54, 1.807) is 49.5 Å². The molecule has 0 spiro atoms. The quantitative estimate of drug-likeness (QED) is 0.299. The molecule has 13 heteroatoms. The number of piperidine rings is 1. The van der Waals surface area contributed by atoms with Gasteiger partial charge in [-0.05, 0) is 57.5 Å². The number of aromatic nitrogens is 2. The van der Waals surface area contributed by atoms with Crippen LogP contribution < -0.4 is 15.4 Å². The molecule has 0 atom stereocenters. The first-order chi connectivity index (χ1) is 20.7. The summed E-state index contributed by atoms with van der Waals surface area (Å²) in [5.74, 6) is 0.927. The second-order valence-electron chi connectivity index (χ2n) is 14.1. The molecule has 1 aromatic carbocycles. The van der Waals surface area contributed by atoms with Gasteiger partial charge in [-0.25, -0.2) is 4.98 Å². The van der Waals surface area contributed by atoms with Crippen LogP contribution in [-0.4, -0.2) is 65.5 Å². The van der Waals surface area contributed by atoms with Gasteiger partial charge in [0.15, 0.2) is 5.82 Å². The van der Waals surface area contributed by atoms with E-state index < -0.39 is 27.1 Å². The Bertz CT molecular complexity index is 1620. The monoisotopic (exact) mass is 642 g/mol. The van der Waals surface area contributed by atoms with Gasteiger partial charge in [-0.15, -0.1) is 0 Å². The Morgan fingerprint density at radius 2 is 1.64 bits per heavy atom. The average Bonchev–Trinajstić information content (AvgIpc) is 3.37. The standard InChI is InChI=1S/C32H43N5O7S/c1-30(2,3)26-17-27(36-43-26)35-28(38)16-21-10-12-22(13-11-21)34-29(39)25-15-14-23(20-33-25)42-24-18-31(4,5)37(8,32(6,7)19-24)44-45(9,40)41/h10-15,17,20,24H,16,18-19H2,1-9H3,(H-,34,35,36,38,39)/p+1. The fraction of sp³-hybridized carbons (Fsp3) is 0.500. The van der Waals surface area contributed by atoms with Gasteiger partial charge in [-0.2, -0.15) is 13.1 Å². The number of rotatable bonds is 9. The Labute approximate surface area is 265 Å². The van der Waals surface area contributed by atoms with Crippen molar-refractivity contribution in [2.45, 2.75) is 90.3 Å². The van der Waals surface area contributed by atoms with Gasteiger partial charge in [-0.3, -0.25) is 9.59 Å². The van der Waals surface area contributed by atoms with Gasteiger partial charge in [0.1, 0.15) is 41.4 Å². The SMILES string of the molecule is CC(C)(C)c1cc(NC(=O)Cc2ccc(NC(=O)c3ccc(OC4CC(C)(C)[N+](C)(OS(C)(=O)=O)C(C)(C)C4)cn3)cc2)no1. The number of hydrogen-bond donors (Lipinski definition) is 2. The van der Waals surface area contributed by atoms with Crippen LogP contribution in [-0.2, 0) is 31.0 Å². The maximum absolute atomic E-state index is 12.9. The van der Waals surface area contributed by atoms with Crippen molar-refractivity contribution in [3.05, 3.63) is 65.7 Å². The minimum atomic E-state index is -3.69. The molecule has 45 heavy (non-hydrogen) atoms. The number of ether oxygens (including phenoxy) is 1. The number of likely N-dealkylation sites (tertiary alicyclic amines) is 1. The second kappa shape index (κ2) is 12.2. The first kappa shape index (κ1) is 34.1. The molecule has 0 unspecified atom stereocenters. The van der Waals surface area contributed by atoms with E-state index in [0.29, 0.717) is 35.9 Å². The summed E-state index contributed by atoms with van der Waals surface area (Å²) in [7, 11) is -1.90. The number of nitrogens with zero attached hydrogens (tertiary/aromatic N) is 3. The molecular formula is C32H44N5O7S+. The van der Waals surface area contributed by atoms with Crippen molar-refractivity contribution in [1.82, 2.24) is 10.1 Å². The van der Waals surface area contributed by atoms with Gasteiger partial charge < -0.3 is 19.9 Å². The lowest BCUT2D eigenvalue weighted by Gasteiger charge is -2.56. The highest BCUT2D eigenvalue weighted by Crippen LogP contribution is 2.46. The van der Waals surface area contributed by atoms with Crippen LogP contribution in [0, 0.1) is 0 Å². The predicted octanol–water partition coefficient (Wildman–Crippen LogP) is 5.24. The maximum Gasteiger partial charge on any atom is 0.311 e. The Morgan fingerprint density at radius 3 is 2.16 bits per heavy atom. The van der Waals surface area contributed by atoms with Gasteiger partial charge in [0.2, 0.25) is 5.91 Å². The van der Waals surface area contributed by atoms with Gasteiger partial charge >= 0.3 is 10.1 Å². The number of pyridine rings is 1. The smallest absolute Gasteiger partial charge is 0.311 e. The summed E-state index contributed by atoms with van der Waals surface area (Å²) < 4.78 is 41.2. The first-order valence-corrected chi connectivity index (χ1v) is 16.6. The van der Waals surface area contributed by atoms with E-state index in [4.69, 9.17) is 13.5 Å². The Balaban J connectivity index is 1.32. The van der Waals surface area contributed by atoms with E-state index in [-0.39, 0.29) is 34.2 Å². The van der Waals surface area contributed by atoms with Crippen molar-refractivity contribution in [3.63, 3.8) is 0 Å². The third kappa shape index (κ3) is 8.08. The summed E-state index contributed by atoms with van der Waals surface area (Å²) in [6.45, 7) is 13.8. The molecule has 3 aromatic rings. The Kier molecular flexibility index (Phi) is 9.22. The molecule has 4 rings (SSSR count). The van der Waals surface area contributed by atoms with E-state index in [2.05, 4.69) is 20.8 Å². The summed E-state index contributed by atoms with van der Waals surface area (Å²) in [5.41, 5.74) is 0.171. The number of hydroxylamine groups is 3. The zero-order valence-electron chi connectivity index (χ0n) is 27.4. The van der Waals surface area contributed by atoms with Crippen molar-refractivity contribution in [2.75, 3.05) is 23.9 Å². The Morgan fingerprint density at radius 1 is 1.02 bits per heavy atom. The van der Waals surface area contributed by atoms with Crippen molar-refractivity contribution in [1.29, 1.82) is 0 Å². The van der Waals surface area contributed by atoms with Gasteiger partial charge in [0, 0.05) is 30.0 Å². The van der Waals surface area contributed by atoms with Crippen LogP contribution in [0.15, 0.2) is 53.2 Å². The van der Waals surface area contributed by atoms with Gasteiger partial charge in [0.25, 0.3) is 5.91 Å².